The van der Waals surface area contributed by atoms with E-state index in [1.165, 1.54) is 7.11 Å². The van der Waals surface area contributed by atoms with Crippen LogP contribution in [0.1, 0.15) is 29.0 Å². The van der Waals surface area contributed by atoms with E-state index in [0.29, 0.717) is 54.9 Å². The monoisotopic (exact) mass is 516 g/mol. The molecule has 2 saturated heterocycles. The van der Waals surface area contributed by atoms with E-state index in [9.17, 15) is 9.59 Å². The molecule has 2 unspecified atom stereocenters. The number of piperazine rings is 1. The molecule has 2 aliphatic rings. The number of benzene rings is 1. The van der Waals surface area contributed by atoms with Crippen molar-refractivity contribution in [1.29, 1.82) is 0 Å². The van der Waals surface area contributed by atoms with Crippen LogP contribution in [0.25, 0.3) is 17.0 Å². The molecule has 2 aliphatic heterocycles. The molecule has 0 radical (unpaired) electrons. The Morgan fingerprint density at radius 3 is 2.54 bits per heavy atom. The minimum Gasteiger partial charge on any atom is -0.481 e. The van der Waals surface area contributed by atoms with Crippen LogP contribution in [-0.2, 0) is 11.3 Å². The maximum atomic E-state index is 13.5. The number of carbonyl (C=O) groups excluding carboxylic acids is 2. The number of imidazole rings is 1. The molecule has 3 aromatic heterocycles. The van der Waals surface area contributed by atoms with Crippen LogP contribution >= 0.6 is 11.6 Å². The summed E-state index contributed by atoms with van der Waals surface area (Å²) in [7, 11) is 1.52. The van der Waals surface area contributed by atoms with Crippen LogP contribution in [0, 0.1) is 0 Å². The third kappa shape index (κ3) is 4.45. The van der Waals surface area contributed by atoms with Gasteiger partial charge in [0.1, 0.15) is 11.5 Å². The van der Waals surface area contributed by atoms with Gasteiger partial charge in [0.25, 0.3) is 5.91 Å². The van der Waals surface area contributed by atoms with Gasteiger partial charge in [0.05, 0.1) is 30.6 Å². The number of methoxy groups -OCH3 is 1. The molecule has 0 aliphatic carbocycles. The zero-order chi connectivity index (χ0) is 25.5. The van der Waals surface area contributed by atoms with Gasteiger partial charge in [-0.3, -0.25) is 18.9 Å². The molecule has 0 saturated carbocycles. The number of piperidine rings is 1. The average Bonchev–Trinajstić information content (AvgIpc) is 3.26. The van der Waals surface area contributed by atoms with Gasteiger partial charge in [0, 0.05) is 61.5 Å². The lowest BCUT2D eigenvalue weighted by molar-refractivity contribution is -0.127. The van der Waals surface area contributed by atoms with E-state index in [4.69, 9.17) is 21.3 Å². The SMILES string of the molecule is COc1cccc(C(=O)N2C3CC(=O)CC2CN(Cc2c(-c4ccc(Cl)cc4)nc4ncccn24)C3)n1. The van der Waals surface area contributed by atoms with Gasteiger partial charge in [-0.1, -0.05) is 29.8 Å². The summed E-state index contributed by atoms with van der Waals surface area (Å²) < 4.78 is 7.21. The summed E-state index contributed by atoms with van der Waals surface area (Å²) >= 11 is 6.12. The third-order valence-corrected chi connectivity index (χ3v) is 7.28. The number of Topliss-reactive ketones (excluding diaryl/α,β-unsaturated/α-hetero) is 1. The number of halogens is 1. The van der Waals surface area contributed by atoms with Gasteiger partial charge in [-0.05, 0) is 24.3 Å². The van der Waals surface area contributed by atoms with Gasteiger partial charge in [-0.15, -0.1) is 0 Å². The number of rotatable bonds is 5. The Labute approximate surface area is 218 Å². The van der Waals surface area contributed by atoms with E-state index in [1.54, 1.807) is 24.4 Å². The standard InChI is InChI=1S/C27H25ClN6O3/c1-37-24-5-2-4-22(30-24)26(36)34-19-12-21(35)13-20(34)15-32(14-19)16-23-25(17-6-8-18(28)9-7-17)31-27-29-10-3-11-33(23)27/h2-11,19-20H,12-16H2,1H3. The van der Waals surface area contributed by atoms with Crippen molar-refractivity contribution in [2.75, 3.05) is 20.2 Å². The molecular weight excluding hydrogens is 492 g/mol. The second kappa shape index (κ2) is 9.57. The number of carbonyl (C=O) groups is 2. The van der Waals surface area contributed by atoms with E-state index in [2.05, 4.69) is 14.9 Å². The summed E-state index contributed by atoms with van der Waals surface area (Å²) in [4.78, 5) is 43.8. The minimum atomic E-state index is -0.225. The summed E-state index contributed by atoms with van der Waals surface area (Å²) in [6.07, 6.45) is 4.36. The lowest BCUT2D eigenvalue weighted by atomic mass is 9.89. The smallest absolute Gasteiger partial charge is 0.273 e. The molecule has 0 spiro atoms. The normalized spacial score (nSPS) is 19.8. The molecule has 4 aromatic rings. The predicted molar refractivity (Wildman–Crippen MR) is 137 cm³/mol. The largest absolute Gasteiger partial charge is 0.481 e. The van der Waals surface area contributed by atoms with E-state index in [0.717, 1.165) is 17.0 Å². The second-order valence-corrected chi connectivity index (χ2v) is 9.87. The number of hydrogen-bond donors (Lipinski definition) is 0. The molecule has 1 amide bonds. The molecule has 0 N–H and O–H groups in total. The van der Waals surface area contributed by atoms with Gasteiger partial charge < -0.3 is 9.64 Å². The summed E-state index contributed by atoms with van der Waals surface area (Å²) in [6, 6.07) is 14.2. The van der Waals surface area contributed by atoms with Gasteiger partial charge in [-0.25, -0.2) is 15.0 Å². The molecular formula is C27H25ClN6O3. The molecule has 2 bridgehead atoms. The van der Waals surface area contributed by atoms with Crippen molar-refractivity contribution in [2.45, 2.75) is 31.5 Å². The first-order chi connectivity index (χ1) is 18.0. The Morgan fingerprint density at radius 2 is 1.81 bits per heavy atom. The van der Waals surface area contributed by atoms with Crippen LogP contribution in [0.4, 0.5) is 0 Å². The Morgan fingerprint density at radius 1 is 1.05 bits per heavy atom. The van der Waals surface area contributed by atoms with Gasteiger partial charge >= 0.3 is 0 Å². The highest BCUT2D eigenvalue weighted by molar-refractivity contribution is 6.30. The lowest BCUT2D eigenvalue weighted by Gasteiger charge is -2.49. The maximum absolute atomic E-state index is 13.5. The molecule has 6 rings (SSSR count). The van der Waals surface area contributed by atoms with Crippen molar-refractivity contribution < 1.29 is 14.3 Å². The fourth-order valence-electron chi connectivity index (χ4n) is 5.46. The highest BCUT2D eigenvalue weighted by atomic mass is 35.5. The van der Waals surface area contributed by atoms with Crippen LogP contribution in [0.3, 0.4) is 0 Å². The minimum absolute atomic E-state index is 0.165. The molecule has 188 valence electrons. The molecule has 1 aromatic carbocycles. The summed E-state index contributed by atoms with van der Waals surface area (Å²) in [5.41, 5.74) is 3.13. The summed E-state index contributed by atoms with van der Waals surface area (Å²) in [6.45, 7) is 1.75. The topological polar surface area (TPSA) is 92.9 Å². The Hall–Kier alpha value is -3.82. The fourth-order valence-corrected chi connectivity index (χ4v) is 5.58. The van der Waals surface area contributed by atoms with Gasteiger partial charge in [0.15, 0.2) is 0 Å². The number of aromatic nitrogens is 4. The van der Waals surface area contributed by atoms with Crippen molar-refractivity contribution >= 4 is 29.1 Å². The van der Waals surface area contributed by atoms with Crippen LogP contribution in [0.15, 0.2) is 60.9 Å². The van der Waals surface area contributed by atoms with Crippen LogP contribution in [0.5, 0.6) is 5.88 Å². The zero-order valence-corrected chi connectivity index (χ0v) is 21.0. The molecule has 9 nitrogen and oxygen atoms in total. The molecule has 2 atom stereocenters. The van der Waals surface area contributed by atoms with Crippen molar-refractivity contribution in [1.82, 2.24) is 29.2 Å². The Bertz CT molecular complexity index is 1470. The van der Waals surface area contributed by atoms with E-state index in [-0.39, 0.29) is 23.8 Å². The average molecular weight is 517 g/mol. The van der Waals surface area contributed by atoms with Gasteiger partial charge in [-0.2, -0.15) is 0 Å². The molecule has 10 heteroatoms. The maximum Gasteiger partial charge on any atom is 0.273 e. The highest BCUT2D eigenvalue weighted by Crippen LogP contribution is 2.32. The van der Waals surface area contributed by atoms with Crippen LogP contribution in [0.2, 0.25) is 5.02 Å². The van der Waals surface area contributed by atoms with E-state index in [1.807, 2.05) is 45.8 Å². The summed E-state index contributed by atoms with van der Waals surface area (Å²) in [5, 5.41) is 0.663. The number of ketones is 1. The lowest BCUT2D eigenvalue weighted by Crippen LogP contribution is -2.64. The number of amides is 1. The number of fused-ring (bicyclic) bond motifs is 3. The Balaban J connectivity index is 1.30. The number of hydrogen-bond acceptors (Lipinski definition) is 7. The highest BCUT2D eigenvalue weighted by Gasteiger charge is 2.44. The van der Waals surface area contributed by atoms with Crippen molar-refractivity contribution in [3.05, 3.63) is 77.3 Å². The molecule has 2 fully saturated rings. The van der Waals surface area contributed by atoms with Gasteiger partial charge in [0.2, 0.25) is 11.7 Å². The first-order valence-electron chi connectivity index (χ1n) is 12.2. The summed E-state index contributed by atoms with van der Waals surface area (Å²) in [5.74, 6) is 1.04. The van der Waals surface area contributed by atoms with Crippen molar-refractivity contribution in [3.8, 4) is 17.1 Å². The number of likely N-dealkylation sites (tertiary alicyclic amines) is 1. The van der Waals surface area contributed by atoms with Crippen LogP contribution in [-0.4, -0.2) is 73.1 Å². The number of pyridine rings is 1. The second-order valence-electron chi connectivity index (χ2n) is 9.43. The predicted octanol–water partition coefficient (Wildman–Crippen LogP) is 3.51. The van der Waals surface area contributed by atoms with E-state index >= 15 is 0 Å². The molecule has 37 heavy (non-hydrogen) atoms. The van der Waals surface area contributed by atoms with E-state index < -0.39 is 0 Å². The third-order valence-electron chi connectivity index (χ3n) is 7.03. The first-order valence-corrected chi connectivity index (χ1v) is 12.5. The first kappa shape index (κ1) is 23.6. The van der Waals surface area contributed by atoms with Crippen molar-refractivity contribution in [3.63, 3.8) is 0 Å². The zero-order valence-electron chi connectivity index (χ0n) is 20.2. The van der Waals surface area contributed by atoms with Crippen LogP contribution < -0.4 is 4.74 Å². The fraction of sp³-hybridized carbons (Fsp3) is 0.296. The van der Waals surface area contributed by atoms with Crippen molar-refractivity contribution in [2.24, 2.45) is 0 Å². The quantitative estimate of drug-likeness (QED) is 0.400. The Kier molecular flexibility index (Phi) is 6.10. The number of nitrogens with zero attached hydrogens (tertiary/aromatic N) is 6. The molecule has 5 heterocycles. The number of ether oxygens (including phenoxy) is 1.